The Bertz CT molecular complexity index is 143. The summed E-state index contributed by atoms with van der Waals surface area (Å²) in [6.07, 6.45) is 0.905. The first-order valence-electron chi connectivity index (χ1n) is 3.85. The van der Waals surface area contributed by atoms with Gasteiger partial charge in [0.25, 0.3) is 0 Å². The molecule has 1 amide bonds. The van der Waals surface area contributed by atoms with Crippen LogP contribution in [-0.2, 0) is 4.79 Å². The van der Waals surface area contributed by atoms with E-state index in [9.17, 15) is 4.79 Å². The maximum Gasteiger partial charge on any atom is 0.238 e. The molecule has 11 heavy (non-hydrogen) atoms. The van der Waals surface area contributed by atoms with Crippen LogP contribution >= 0.6 is 11.6 Å². The van der Waals surface area contributed by atoms with Gasteiger partial charge in [0.15, 0.2) is 0 Å². The second kappa shape index (κ2) is 3.96. The molecule has 0 radical (unpaired) electrons. The first kappa shape index (κ1) is 10.8. The highest BCUT2D eigenvalue weighted by Gasteiger charge is 2.19. The van der Waals surface area contributed by atoms with Crippen LogP contribution in [-0.4, -0.2) is 16.8 Å². The molecule has 0 spiro atoms. The van der Waals surface area contributed by atoms with E-state index >= 15 is 0 Å². The maximum atomic E-state index is 11.1. The number of halogens is 1. The van der Waals surface area contributed by atoms with E-state index in [2.05, 4.69) is 5.32 Å². The van der Waals surface area contributed by atoms with Crippen molar-refractivity contribution in [3.05, 3.63) is 0 Å². The van der Waals surface area contributed by atoms with Crippen LogP contribution in [0.5, 0.6) is 0 Å². The molecule has 0 aliphatic rings. The van der Waals surface area contributed by atoms with Gasteiger partial charge in [-0.25, -0.2) is 0 Å². The zero-order chi connectivity index (χ0) is 9.07. The van der Waals surface area contributed by atoms with Gasteiger partial charge in [-0.05, 0) is 27.2 Å². The van der Waals surface area contributed by atoms with Gasteiger partial charge in [-0.1, -0.05) is 6.92 Å². The number of nitrogens with one attached hydrogen (secondary N) is 1. The zero-order valence-corrected chi connectivity index (χ0v) is 8.33. The molecule has 0 aromatic carbocycles. The standard InChI is InChI=1S/C8H16ClNO/c1-5-8(3,4)10-7(11)6(2)9/h6H,5H2,1-4H3,(H,10,11)/t6-/m0/s1. The van der Waals surface area contributed by atoms with Crippen molar-refractivity contribution in [3.8, 4) is 0 Å². The van der Waals surface area contributed by atoms with Crippen LogP contribution in [0.15, 0.2) is 0 Å². The van der Waals surface area contributed by atoms with Crippen LogP contribution in [0.2, 0.25) is 0 Å². The lowest BCUT2D eigenvalue weighted by Crippen LogP contribution is -2.45. The molecule has 0 saturated carbocycles. The molecule has 0 aliphatic carbocycles. The van der Waals surface area contributed by atoms with Crippen molar-refractivity contribution in [2.45, 2.75) is 45.0 Å². The second-order valence-electron chi connectivity index (χ2n) is 3.34. The summed E-state index contributed by atoms with van der Waals surface area (Å²) >= 11 is 5.58. The fraction of sp³-hybridized carbons (Fsp3) is 0.875. The third-order valence-electron chi connectivity index (χ3n) is 1.71. The summed E-state index contributed by atoms with van der Waals surface area (Å²) in [5, 5.41) is 2.39. The molecule has 0 heterocycles. The smallest absolute Gasteiger partial charge is 0.238 e. The molecule has 1 N–H and O–H groups in total. The van der Waals surface area contributed by atoms with E-state index in [0.29, 0.717) is 0 Å². The average Bonchev–Trinajstić information content (AvgIpc) is 1.87. The van der Waals surface area contributed by atoms with E-state index in [1.807, 2.05) is 20.8 Å². The quantitative estimate of drug-likeness (QED) is 0.656. The van der Waals surface area contributed by atoms with Gasteiger partial charge in [0.2, 0.25) is 5.91 Å². The molecule has 3 heteroatoms. The van der Waals surface area contributed by atoms with Gasteiger partial charge in [-0.3, -0.25) is 4.79 Å². The molecule has 0 saturated heterocycles. The van der Waals surface area contributed by atoms with E-state index in [-0.39, 0.29) is 11.4 Å². The van der Waals surface area contributed by atoms with Crippen molar-refractivity contribution in [1.82, 2.24) is 5.32 Å². The lowest BCUT2D eigenvalue weighted by Gasteiger charge is -2.25. The minimum atomic E-state index is -0.444. The third-order valence-corrected chi connectivity index (χ3v) is 1.90. The highest BCUT2D eigenvalue weighted by molar-refractivity contribution is 6.30. The normalized spacial score (nSPS) is 14.3. The number of carbonyl (C=O) groups is 1. The van der Waals surface area contributed by atoms with Gasteiger partial charge >= 0.3 is 0 Å². The third kappa shape index (κ3) is 4.25. The number of hydrogen-bond donors (Lipinski definition) is 1. The van der Waals surface area contributed by atoms with Crippen LogP contribution in [0.25, 0.3) is 0 Å². The van der Waals surface area contributed by atoms with Crippen molar-refractivity contribution in [2.75, 3.05) is 0 Å². The lowest BCUT2D eigenvalue weighted by molar-refractivity contribution is -0.122. The van der Waals surface area contributed by atoms with Crippen molar-refractivity contribution < 1.29 is 4.79 Å². The molecular formula is C8H16ClNO. The Hall–Kier alpha value is -0.240. The van der Waals surface area contributed by atoms with Crippen LogP contribution in [0.3, 0.4) is 0 Å². The van der Waals surface area contributed by atoms with E-state index < -0.39 is 5.38 Å². The Morgan fingerprint density at radius 1 is 1.64 bits per heavy atom. The van der Waals surface area contributed by atoms with Crippen LogP contribution in [0.4, 0.5) is 0 Å². The minimum absolute atomic E-state index is 0.0986. The lowest BCUT2D eigenvalue weighted by atomic mass is 10.0. The molecular weight excluding hydrogens is 162 g/mol. The van der Waals surface area contributed by atoms with Crippen LogP contribution < -0.4 is 5.32 Å². The fourth-order valence-corrected chi connectivity index (χ4v) is 0.576. The van der Waals surface area contributed by atoms with Crippen molar-refractivity contribution in [1.29, 1.82) is 0 Å². The largest absolute Gasteiger partial charge is 0.350 e. The van der Waals surface area contributed by atoms with Gasteiger partial charge < -0.3 is 5.32 Å². The van der Waals surface area contributed by atoms with E-state index in [1.54, 1.807) is 6.92 Å². The van der Waals surface area contributed by atoms with Crippen molar-refractivity contribution in [3.63, 3.8) is 0 Å². The number of rotatable bonds is 3. The summed E-state index contributed by atoms with van der Waals surface area (Å²) in [6.45, 7) is 7.65. The minimum Gasteiger partial charge on any atom is -0.350 e. The number of hydrogen-bond acceptors (Lipinski definition) is 1. The van der Waals surface area contributed by atoms with Crippen LogP contribution in [0, 0.1) is 0 Å². The van der Waals surface area contributed by atoms with Crippen LogP contribution in [0.1, 0.15) is 34.1 Å². The molecule has 66 valence electrons. The van der Waals surface area contributed by atoms with Gasteiger partial charge in [0.05, 0.1) is 0 Å². The van der Waals surface area contributed by atoms with Gasteiger partial charge in [0, 0.05) is 5.54 Å². The van der Waals surface area contributed by atoms with Crippen molar-refractivity contribution in [2.24, 2.45) is 0 Å². The average molecular weight is 178 g/mol. The summed E-state index contributed by atoms with van der Waals surface area (Å²) < 4.78 is 0. The number of amides is 1. The summed E-state index contributed by atoms with van der Waals surface area (Å²) in [5.41, 5.74) is -0.139. The summed E-state index contributed by atoms with van der Waals surface area (Å²) in [7, 11) is 0. The molecule has 0 aliphatic heterocycles. The summed E-state index contributed by atoms with van der Waals surface area (Å²) in [4.78, 5) is 11.1. The zero-order valence-electron chi connectivity index (χ0n) is 7.57. The first-order valence-corrected chi connectivity index (χ1v) is 4.29. The van der Waals surface area contributed by atoms with Gasteiger partial charge in [0.1, 0.15) is 5.38 Å². The van der Waals surface area contributed by atoms with Gasteiger partial charge in [-0.15, -0.1) is 11.6 Å². The Labute approximate surface area is 73.3 Å². The Kier molecular flexibility index (Phi) is 3.87. The molecule has 1 atom stereocenters. The molecule has 0 fully saturated rings. The number of carbonyl (C=O) groups excluding carboxylic acids is 1. The van der Waals surface area contributed by atoms with E-state index in [0.717, 1.165) is 6.42 Å². The van der Waals surface area contributed by atoms with Crippen molar-refractivity contribution >= 4 is 17.5 Å². The van der Waals surface area contributed by atoms with E-state index in [1.165, 1.54) is 0 Å². The summed E-state index contributed by atoms with van der Waals surface area (Å²) in [6, 6.07) is 0. The molecule has 0 aromatic rings. The summed E-state index contributed by atoms with van der Waals surface area (Å²) in [5.74, 6) is -0.0986. The monoisotopic (exact) mass is 177 g/mol. The Morgan fingerprint density at radius 2 is 2.09 bits per heavy atom. The highest BCUT2D eigenvalue weighted by Crippen LogP contribution is 2.07. The first-order chi connectivity index (χ1) is 4.89. The predicted octanol–water partition coefficient (Wildman–Crippen LogP) is 1.92. The second-order valence-corrected chi connectivity index (χ2v) is 4.00. The van der Waals surface area contributed by atoms with Gasteiger partial charge in [-0.2, -0.15) is 0 Å². The fourth-order valence-electron chi connectivity index (χ4n) is 0.521. The molecule has 0 aromatic heterocycles. The van der Waals surface area contributed by atoms with E-state index in [4.69, 9.17) is 11.6 Å². The predicted molar refractivity (Wildman–Crippen MR) is 47.8 cm³/mol. The topological polar surface area (TPSA) is 29.1 Å². The molecule has 0 bridgehead atoms. The molecule has 0 unspecified atom stereocenters. The SMILES string of the molecule is CCC(C)(C)NC(=O)[C@H](C)Cl. The molecule has 2 nitrogen and oxygen atoms in total. The maximum absolute atomic E-state index is 11.1. The Balaban J connectivity index is 3.94. The molecule has 0 rings (SSSR count). The highest BCUT2D eigenvalue weighted by atomic mass is 35.5. The number of alkyl halides is 1. The Morgan fingerprint density at radius 3 is 2.36 bits per heavy atom.